The molecule has 0 radical (unpaired) electrons. The lowest BCUT2D eigenvalue weighted by molar-refractivity contribution is 0.444. The van der Waals surface area contributed by atoms with Gasteiger partial charge in [0, 0.05) is 16.7 Å². The highest BCUT2D eigenvalue weighted by Crippen LogP contribution is 2.24. The average Bonchev–Trinajstić information content (AvgIpc) is 2.77. The molecule has 8 heteroatoms. The van der Waals surface area contributed by atoms with Gasteiger partial charge in [0.05, 0.1) is 6.20 Å². The molecule has 90 valence electrons. The van der Waals surface area contributed by atoms with Crippen molar-refractivity contribution in [3.63, 3.8) is 0 Å². The summed E-state index contributed by atoms with van der Waals surface area (Å²) in [6.07, 6.45) is 4.63. The summed E-state index contributed by atoms with van der Waals surface area (Å²) in [5, 5.41) is 4.29. The van der Waals surface area contributed by atoms with Gasteiger partial charge >= 0.3 is 0 Å². The normalized spacial score (nSPS) is 10.8. The number of nitrogens with zero attached hydrogens (tertiary/aromatic N) is 5. The minimum atomic E-state index is 0.286. The van der Waals surface area contributed by atoms with Gasteiger partial charge < -0.3 is 4.74 Å². The molecule has 0 saturated carbocycles. The van der Waals surface area contributed by atoms with Gasteiger partial charge in [0.15, 0.2) is 0 Å². The summed E-state index contributed by atoms with van der Waals surface area (Å²) in [6.45, 7) is 0. The zero-order chi connectivity index (χ0) is 12.5. The van der Waals surface area contributed by atoms with Gasteiger partial charge in [-0.05, 0) is 22.0 Å². The summed E-state index contributed by atoms with van der Waals surface area (Å²) in [6, 6.07) is 3.34. The van der Waals surface area contributed by atoms with Crippen LogP contribution in [0.25, 0.3) is 5.78 Å². The second-order valence-electron chi connectivity index (χ2n) is 3.33. The molecule has 0 bridgehead atoms. The fourth-order valence-corrected chi connectivity index (χ4v) is 1.91. The first kappa shape index (κ1) is 11.4. The van der Waals surface area contributed by atoms with Gasteiger partial charge in [-0.15, -0.1) is 0 Å². The molecule has 0 N–H and O–H groups in total. The van der Waals surface area contributed by atoms with E-state index >= 15 is 0 Å². The Morgan fingerprint density at radius 3 is 3.00 bits per heavy atom. The van der Waals surface area contributed by atoms with E-state index in [1.54, 1.807) is 24.5 Å². The Morgan fingerprint density at radius 1 is 1.28 bits per heavy atom. The van der Waals surface area contributed by atoms with E-state index in [4.69, 9.17) is 16.3 Å². The number of ether oxygens (including phenoxy) is 1. The molecule has 0 aliphatic rings. The lowest BCUT2D eigenvalue weighted by atomic mass is 10.5. The minimum Gasteiger partial charge on any atom is -0.437 e. The summed E-state index contributed by atoms with van der Waals surface area (Å²) < 4.78 is 7.92. The van der Waals surface area contributed by atoms with Crippen LogP contribution in [0.3, 0.4) is 0 Å². The van der Waals surface area contributed by atoms with Crippen LogP contribution in [0.5, 0.6) is 11.6 Å². The Kier molecular flexibility index (Phi) is 2.85. The molecular weight excluding hydrogens is 322 g/mol. The topological polar surface area (TPSA) is 65.2 Å². The molecule has 6 nitrogen and oxygen atoms in total. The quantitative estimate of drug-likeness (QED) is 0.678. The van der Waals surface area contributed by atoms with Crippen molar-refractivity contribution in [2.24, 2.45) is 0 Å². The third kappa shape index (κ3) is 2.14. The standard InChI is InChI=1S/C10H5BrClN5O/c11-6-1-7(4-13-3-6)18-9-2-8(12)16-10-14-5-15-17(9)10/h1-5H. The van der Waals surface area contributed by atoms with Crippen LogP contribution in [0.2, 0.25) is 5.15 Å². The maximum Gasteiger partial charge on any atom is 0.256 e. The molecule has 0 fully saturated rings. The molecule has 0 unspecified atom stereocenters. The van der Waals surface area contributed by atoms with Crippen molar-refractivity contribution in [3.8, 4) is 11.6 Å². The minimum absolute atomic E-state index is 0.286. The molecule has 3 rings (SSSR count). The molecule has 3 aromatic heterocycles. The van der Waals surface area contributed by atoms with Crippen LogP contribution in [0, 0.1) is 0 Å². The molecule has 3 aromatic rings. The maximum atomic E-state index is 5.88. The Bertz CT molecular complexity index is 716. The molecule has 3 heterocycles. The van der Waals surface area contributed by atoms with Gasteiger partial charge in [-0.1, -0.05) is 11.6 Å². The van der Waals surface area contributed by atoms with Crippen molar-refractivity contribution in [1.82, 2.24) is 24.6 Å². The number of halogens is 2. The largest absolute Gasteiger partial charge is 0.437 e. The van der Waals surface area contributed by atoms with Crippen molar-refractivity contribution >= 4 is 33.3 Å². The fourth-order valence-electron chi connectivity index (χ4n) is 1.40. The molecular formula is C10H5BrClN5O. The van der Waals surface area contributed by atoms with E-state index in [2.05, 4.69) is 36.0 Å². The first-order valence-corrected chi connectivity index (χ1v) is 6.04. The fraction of sp³-hybridized carbons (Fsp3) is 0. The number of hydrogen-bond acceptors (Lipinski definition) is 5. The van der Waals surface area contributed by atoms with Crippen LogP contribution in [0.15, 0.2) is 35.3 Å². The average molecular weight is 327 g/mol. The van der Waals surface area contributed by atoms with E-state index in [0.717, 1.165) is 4.47 Å². The summed E-state index contributed by atoms with van der Waals surface area (Å²) in [5.41, 5.74) is 0. The van der Waals surface area contributed by atoms with E-state index in [-0.39, 0.29) is 5.15 Å². The Labute approximate surface area is 115 Å². The van der Waals surface area contributed by atoms with Crippen molar-refractivity contribution < 1.29 is 4.74 Å². The van der Waals surface area contributed by atoms with E-state index < -0.39 is 0 Å². The van der Waals surface area contributed by atoms with Crippen LogP contribution >= 0.6 is 27.5 Å². The summed E-state index contributed by atoms with van der Waals surface area (Å²) in [7, 11) is 0. The van der Waals surface area contributed by atoms with E-state index in [1.807, 2.05) is 0 Å². The van der Waals surface area contributed by atoms with E-state index in [1.165, 1.54) is 10.8 Å². The van der Waals surface area contributed by atoms with E-state index in [0.29, 0.717) is 17.4 Å². The van der Waals surface area contributed by atoms with Gasteiger partial charge in [0.25, 0.3) is 5.78 Å². The van der Waals surface area contributed by atoms with Crippen LogP contribution in [0.4, 0.5) is 0 Å². The highest BCUT2D eigenvalue weighted by molar-refractivity contribution is 9.10. The molecule has 0 spiro atoms. The zero-order valence-electron chi connectivity index (χ0n) is 8.79. The molecule has 0 aliphatic heterocycles. The third-order valence-electron chi connectivity index (χ3n) is 2.09. The molecule has 0 aromatic carbocycles. The Morgan fingerprint density at radius 2 is 2.17 bits per heavy atom. The van der Waals surface area contributed by atoms with Gasteiger partial charge in [0.2, 0.25) is 5.88 Å². The van der Waals surface area contributed by atoms with E-state index in [9.17, 15) is 0 Å². The molecule has 0 aliphatic carbocycles. The molecule has 18 heavy (non-hydrogen) atoms. The number of hydrogen-bond donors (Lipinski definition) is 0. The highest BCUT2D eigenvalue weighted by atomic mass is 79.9. The molecule has 0 atom stereocenters. The van der Waals surface area contributed by atoms with Crippen LogP contribution in [-0.2, 0) is 0 Å². The first-order chi connectivity index (χ1) is 8.72. The predicted molar refractivity (Wildman–Crippen MR) is 67.8 cm³/mol. The summed E-state index contributed by atoms with van der Waals surface area (Å²) >= 11 is 9.20. The van der Waals surface area contributed by atoms with Crippen molar-refractivity contribution in [2.75, 3.05) is 0 Å². The lowest BCUT2D eigenvalue weighted by Crippen LogP contribution is -1.98. The second kappa shape index (κ2) is 4.51. The maximum absolute atomic E-state index is 5.88. The lowest BCUT2D eigenvalue weighted by Gasteiger charge is -2.06. The summed E-state index contributed by atoms with van der Waals surface area (Å²) in [4.78, 5) is 12.0. The highest BCUT2D eigenvalue weighted by Gasteiger charge is 2.08. The van der Waals surface area contributed by atoms with Crippen molar-refractivity contribution in [1.29, 1.82) is 0 Å². The Balaban J connectivity index is 2.06. The SMILES string of the molecule is Clc1cc(Oc2cncc(Br)c2)n2ncnc2n1. The molecule has 0 amide bonds. The second-order valence-corrected chi connectivity index (χ2v) is 4.63. The van der Waals surface area contributed by atoms with Crippen molar-refractivity contribution in [2.45, 2.75) is 0 Å². The number of aromatic nitrogens is 5. The van der Waals surface area contributed by atoms with Crippen LogP contribution in [0.1, 0.15) is 0 Å². The van der Waals surface area contributed by atoms with Crippen LogP contribution < -0.4 is 4.74 Å². The van der Waals surface area contributed by atoms with Gasteiger partial charge in [-0.25, -0.2) is 0 Å². The van der Waals surface area contributed by atoms with Crippen molar-refractivity contribution in [3.05, 3.63) is 40.5 Å². The smallest absolute Gasteiger partial charge is 0.256 e. The van der Waals surface area contributed by atoms with Crippen LogP contribution in [-0.4, -0.2) is 24.6 Å². The summed E-state index contributed by atoms with van der Waals surface area (Å²) in [5.74, 6) is 1.35. The predicted octanol–water partition coefficient (Wildman–Crippen LogP) is 2.73. The number of fused-ring (bicyclic) bond motifs is 1. The van der Waals surface area contributed by atoms with Gasteiger partial charge in [-0.2, -0.15) is 19.6 Å². The van der Waals surface area contributed by atoms with Gasteiger partial charge in [-0.3, -0.25) is 4.98 Å². The zero-order valence-corrected chi connectivity index (χ0v) is 11.1. The monoisotopic (exact) mass is 325 g/mol. The third-order valence-corrected chi connectivity index (χ3v) is 2.72. The number of rotatable bonds is 2. The molecule has 0 saturated heterocycles. The Hall–Kier alpha value is -1.73. The van der Waals surface area contributed by atoms with Gasteiger partial charge in [0.1, 0.15) is 17.2 Å². The first-order valence-electron chi connectivity index (χ1n) is 4.87. The number of pyridine rings is 1.